The van der Waals surface area contributed by atoms with Crippen LogP contribution in [-0.4, -0.2) is 38.1 Å². The number of nitrogens with zero attached hydrogens (tertiary/aromatic N) is 4. The standard InChI is InChI=1S/C24H19N5O4S/c1-14(18-6-5-17(30)10-21(18)31)28-29-20(13-34-24(29)26-16-3-2-8-25-11-16)15-4-7-22-19(9-15)27-23(32)12-33-22/h2-11,13,30-31H,12H2,1H3,(H,27,32). The lowest BCUT2D eigenvalue weighted by Gasteiger charge is -2.18. The number of thiazole rings is 1. The molecule has 0 fully saturated rings. The van der Waals surface area contributed by atoms with Gasteiger partial charge in [-0.2, -0.15) is 5.10 Å². The van der Waals surface area contributed by atoms with Crippen molar-refractivity contribution in [1.82, 2.24) is 9.66 Å². The van der Waals surface area contributed by atoms with Gasteiger partial charge in [0.1, 0.15) is 17.2 Å². The lowest BCUT2D eigenvalue weighted by atomic mass is 10.1. The van der Waals surface area contributed by atoms with Crippen molar-refractivity contribution in [1.29, 1.82) is 0 Å². The second-order valence-corrected chi connectivity index (χ2v) is 8.31. The van der Waals surface area contributed by atoms with Crippen LogP contribution in [0.4, 0.5) is 11.4 Å². The molecule has 170 valence electrons. The number of pyridine rings is 1. The van der Waals surface area contributed by atoms with Crippen LogP contribution in [0.25, 0.3) is 11.3 Å². The Morgan fingerprint density at radius 1 is 1.21 bits per heavy atom. The number of phenolic OH excluding ortho intramolecular Hbond substituents is 2. The van der Waals surface area contributed by atoms with Crippen LogP contribution in [0.15, 0.2) is 76.4 Å². The summed E-state index contributed by atoms with van der Waals surface area (Å²) < 4.78 is 7.14. The molecule has 4 aromatic rings. The molecule has 2 aromatic heterocycles. The fourth-order valence-electron chi connectivity index (χ4n) is 3.47. The number of hydrogen-bond acceptors (Lipinski definition) is 8. The summed E-state index contributed by atoms with van der Waals surface area (Å²) in [5, 5.41) is 29.4. The highest BCUT2D eigenvalue weighted by molar-refractivity contribution is 7.07. The molecule has 0 saturated carbocycles. The highest BCUT2D eigenvalue weighted by Crippen LogP contribution is 2.33. The average Bonchev–Trinajstić information content (AvgIpc) is 3.21. The third-order valence-corrected chi connectivity index (χ3v) is 5.90. The van der Waals surface area contributed by atoms with Crippen molar-refractivity contribution in [3.05, 3.63) is 76.7 Å². The second kappa shape index (κ2) is 8.83. The van der Waals surface area contributed by atoms with E-state index in [0.717, 1.165) is 11.3 Å². The van der Waals surface area contributed by atoms with Gasteiger partial charge in [0.25, 0.3) is 5.91 Å². The van der Waals surface area contributed by atoms with Crippen LogP contribution in [0.3, 0.4) is 0 Å². The number of carbonyl (C=O) groups excluding carboxylic acids is 1. The number of anilines is 1. The minimum absolute atomic E-state index is 0.0153. The van der Waals surface area contributed by atoms with E-state index in [9.17, 15) is 15.0 Å². The Labute approximate surface area is 198 Å². The highest BCUT2D eigenvalue weighted by atomic mass is 32.1. The number of aromatic hydroxyl groups is 2. The van der Waals surface area contributed by atoms with Crippen molar-refractivity contribution < 1.29 is 19.7 Å². The average molecular weight is 474 g/mol. The van der Waals surface area contributed by atoms with Gasteiger partial charge in [-0.25, -0.2) is 9.67 Å². The summed E-state index contributed by atoms with van der Waals surface area (Å²) in [5.74, 6) is 0.257. The van der Waals surface area contributed by atoms with E-state index in [4.69, 9.17) is 9.84 Å². The van der Waals surface area contributed by atoms with Gasteiger partial charge in [0.05, 0.1) is 29.0 Å². The largest absolute Gasteiger partial charge is 0.508 e. The molecule has 1 aliphatic heterocycles. The van der Waals surface area contributed by atoms with E-state index in [0.29, 0.717) is 33.2 Å². The number of benzene rings is 2. The van der Waals surface area contributed by atoms with Gasteiger partial charge in [-0.05, 0) is 49.4 Å². The Kier molecular flexibility index (Phi) is 5.56. The summed E-state index contributed by atoms with van der Waals surface area (Å²) in [5.41, 5.74) is 3.75. The first-order valence-corrected chi connectivity index (χ1v) is 11.2. The maximum absolute atomic E-state index is 11.8. The van der Waals surface area contributed by atoms with Crippen LogP contribution in [-0.2, 0) is 4.79 Å². The molecule has 0 unspecified atom stereocenters. The molecule has 1 amide bonds. The van der Waals surface area contributed by atoms with E-state index in [1.165, 1.54) is 23.5 Å². The first-order valence-electron chi connectivity index (χ1n) is 10.3. The monoisotopic (exact) mass is 473 g/mol. The van der Waals surface area contributed by atoms with E-state index in [-0.39, 0.29) is 24.0 Å². The van der Waals surface area contributed by atoms with Crippen molar-refractivity contribution in [3.63, 3.8) is 0 Å². The molecular weight excluding hydrogens is 454 g/mol. The molecule has 2 aromatic carbocycles. The lowest BCUT2D eigenvalue weighted by Crippen LogP contribution is -2.25. The van der Waals surface area contributed by atoms with E-state index in [2.05, 4.69) is 15.3 Å². The van der Waals surface area contributed by atoms with Crippen LogP contribution in [0.2, 0.25) is 0 Å². The van der Waals surface area contributed by atoms with E-state index in [1.807, 2.05) is 23.6 Å². The van der Waals surface area contributed by atoms with E-state index in [1.54, 1.807) is 42.2 Å². The van der Waals surface area contributed by atoms with E-state index >= 15 is 0 Å². The first kappa shape index (κ1) is 21.4. The fourth-order valence-corrected chi connectivity index (χ4v) is 4.32. The van der Waals surface area contributed by atoms with Crippen LogP contribution in [0, 0.1) is 0 Å². The zero-order valence-corrected chi connectivity index (χ0v) is 18.8. The van der Waals surface area contributed by atoms with Gasteiger partial charge in [0.15, 0.2) is 6.61 Å². The maximum Gasteiger partial charge on any atom is 0.262 e. The summed E-state index contributed by atoms with van der Waals surface area (Å²) in [6, 6.07) is 13.5. The zero-order chi connectivity index (χ0) is 23.7. The van der Waals surface area contributed by atoms with Gasteiger partial charge in [-0.15, -0.1) is 11.3 Å². The Morgan fingerprint density at radius 2 is 2.09 bits per heavy atom. The summed E-state index contributed by atoms with van der Waals surface area (Å²) >= 11 is 1.39. The highest BCUT2D eigenvalue weighted by Gasteiger charge is 2.18. The Morgan fingerprint density at radius 3 is 2.88 bits per heavy atom. The molecule has 0 bridgehead atoms. The molecule has 10 heteroatoms. The second-order valence-electron chi connectivity index (χ2n) is 7.47. The van der Waals surface area contributed by atoms with E-state index < -0.39 is 0 Å². The Hall–Kier alpha value is -4.44. The van der Waals surface area contributed by atoms with Gasteiger partial charge < -0.3 is 20.3 Å². The molecule has 34 heavy (non-hydrogen) atoms. The predicted octanol–water partition coefficient (Wildman–Crippen LogP) is 3.86. The van der Waals surface area contributed by atoms with Crippen molar-refractivity contribution in [3.8, 4) is 28.5 Å². The van der Waals surface area contributed by atoms with Crippen LogP contribution in [0.5, 0.6) is 17.2 Å². The number of nitrogens with one attached hydrogen (secondary N) is 1. The molecular formula is C24H19N5O4S. The van der Waals surface area contributed by atoms with Crippen molar-refractivity contribution >= 4 is 34.3 Å². The number of fused-ring (bicyclic) bond motifs is 1. The minimum Gasteiger partial charge on any atom is -0.508 e. The first-order chi connectivity index (χ1) is 16.5. The normalized spacial score (nSPS) is 13.9. The van der Waals surface area contributed by atoms with Crippen molar-refractivity contribution in [2.45, 2.75) is 6.92 Å². The van der Waals surface area contributed by atoms with Crippen molar-refractivity contribution in [2.24, 2.45) is 10.1 Å². The number of rotatable bonds is 4. The molecule has 5 rings (SSSR count). The maximum atomic E-state index is 11.8. The Balaban J connectivity index is 1.67. The van der Waals surface area contributed by atoms with Crippen molar-refractivity contribution in [2.75, 3.05) is 11.9 Å². The number of ether oxygens (including phenoxy) is 1. The molecule has 0 radical (unpaired) electrons. The van der Waals surface area contributed by atoms with Crippen LogP contribution < -0.4 is 14.9 Å². The minimum atomic E-state index is -0.216. The number of amides is 1. The molecule has 0 saturated heterocycles. The van der Waals surface area contributed by atoms with Crippen LogP contribution in [0.1, 0.15) is 12.5 Å². The van der Waals surface area contributed by atoms with Gasteiger partial charge in [0.2, 0.25) is 4.80 Å². The number of phenols is 2. The number of carbonyl (C=O) groups is 1. The van der Waals surface area contributed by atoms with Crippen LogP contribution >= 0.6 is 11.3 Å². The van der Waals surface area contributed by atoms with Gasteiger partial charge in [0, 0.05) is 28.8 Å². The molecule has 0 spiro atoms. The fraction of sp³-hybridized carbons (Fsp3) is 0.0833. The number of aromatic nitrogens is 2. The third-order valence-electron chi connectivity index (χ3n) is 5.09. The molecule has 9 nitrogen and oxygen atoms in total. The quantitative estimate of drug-likeness (QED) is 0.389. The molecule has 1 aliphatic rings. The predicted molar refractivity (Wildman–Crippen MR) is 129 cm³/mol. The molecule has 0 aliphatic carbocycles. The van der Waals surface area contributed by atoms with Gasteiger partial charge in [-0.1, -0.05) is 0 Å². The Bertz CT molecular complexity index is 1490. The summed E-state index contributed by atoms with van der Waals surface area (Å²) in [4.78, 5) is 21.2. The van der Waals surface area contributed by atoms with Gasteiger partial charge >= 0.3 is 0 Å². The molecule has 3 heterocycles. The number of hydrogen-bond donors (Lipinski definition) is 3. The summed E-state index contributed by atoms with van der Waals surface area (Å²) in [7, 11) is 0. The smallest absolute Gasteiger partial charge is 0.262 e. The summed E-state index contributed by atoms with van der Waals surface area (Å²) in [6.07, 6.45) is 3.32. The topological polar surface area (TPSA) is 121 Å². The lowest BCUT2D eigenvalue weighted by molar-refractivity contribution is -0.118. The SMILES string of the molecule is CC(=Nn1c(-c2ccc3c(c2)NC(=O)CO3)csc1=Nc1cccnc1)c1ccc(O)cc1O. The molecule has 3 N–H and O–H groups in total. The zero-order valence-electron chi connectivity index (χ0n) is 18.0. The third kappa shape index (κ3) is 4.26. The summed E-state index contributed by atoms with van der Waals surface area (Å²) in [6.45, 7) is 1.74. The molecule has 0 atom stereocenters. The van der Waals surface area contributed by atoms with Gasteiger partial charge in [-0.3, -0.25) is 9.78 Å².